The summed E-state index contributed by atoms with van der Waals surface area (Å²) in [5.74, 6) is 2.27. The molecule has 1 heterocycles. The predicted octanol–water partition coefficient (Wildman–Crippen LogP) is 2.05. The van der Waals surface area contributed by atoms with E-state index in [0.29, 0.717) is 17.1 Å². The summed E-state index contributed by atoms with van der Waals surface area (Å²) in [5, 5.41) is 8.89. The Kier molecular flexibility index (Phi) is 5.14. The second kappa shape index (κ2) is 6.85. The minimum Gasteiger partial charge on any atom is -0.493 e. The fourth-order valence-corrected chi connectivity index (χ4v) is 3.28. The van der Waals surface area contributed by atoms with E-state index in [1.165, 1.54) is 0 Å². The molecule has 6 heteroatoms. The Bertz CT molecular complexity index is 474. The van der Waals surface area contributed by atoms with E-state index in [-0.39, 0.29) is 12.5 Å². The summed E-state index contributed by atoms with van der Waals surface area (Å²) in [7, 11) is 1.57. The van der Waals surface area contributed by atoms with Crippen LogP contribution in [0, 0.1) is 0 Å². The van der Waals surface area contributed by atoms with Crippen molar-refractivity contribution in [2.45, 2.75) is 25.0 Å². The Labute approximate surface area is 122 Å². The molecule has 0 aromatic heterocycles. The van der Waals surface area contributed by atoms with E-state index in [4.69, 9.17) is 20.3 Å². The average Bonchev–Trinajstić information content (AvgIpc) is 2.91. The summed E-state index contributed by atoms with van der Waals surface area (Å²) < 4.78 is 11.3. The van der Waals surface area contributed by atoms with Crippen LogP contribution in [0.1, 0.15) is 24.4 Å². The number of ether oxygens (including phenoxy) is 2. The minimum absolute atomic E-state index is 0.132. The second-order valence-electron chi connectivity index (χ2n) is 4.69. The zero-order valence-corrected chi connectivity index (χ0v) is 12.2. The van der Waals surface area contributed by atoms with Crippen molar-refractivity contribution in [1.29, 1.82) is 0 Å². The standard InChI is InChI=1S/C14H19NO4S/c1-18-12-4-2-3-10(11(15)7-13(16)17)14(12)19-9-5-6-20-8-9/h2-4,9,11H,5-8,15H2,1H3,(H,16,17). The highest BCUT2D eigenvalue weighted by Crippen LogP contribution is 2.37. The molecular formula is C14H19NO4S. The van der Waals surface area contributed by atoms with Crippen LogP contribution >= 0.6 is 11.8 Å². The number of carboxylic acid groups (broad SMARTS) is 1. The van der Waals surface area contributed by atoms with Crippen LogP contribution < -0.4 is 15.2 Å². The number of rotatable bonds is 6. The second-order valence-corrected chi connectivity index (χ2v) is 5.84. The summed E-state index contributed by atoms with van der Waals surface area (Å²) in [6.07, 6.45) is 0.978. The number of para-hydroxylation sites is 1. The third kappa shape index (κ3) is 3.58. The minimum atomic E-state index is -0.928. The molecule has 3 N–H and O–H groups in total. The maximum Gasteiger partial charge on any atom is 0.305 e. The first-order chi connectivity index (χ1) is 9.61. The van der Waals surface area contributed by atoms with E-state index in [9.17, 15) is 4.79 Å². The van der Waals surface area contributed by atoms with Gasteiger partial charge in [-0.15, -0.1) is 0 Å². The Morgan fingerprint density at radius 1 is 1.60 bits per heavy atom. The molecule has 1 aromatic carbocycles. The van der Waals surface area contributed by atoms with Gasteiger partial charge in [0.2, 0.25) is 0 Å². The molecule has 1 saturated heterocycles. The smallest absolute Gasteiger partial charge is 0.305 e. The van der Waals surface area contributed by atoms with Crippen LogP contribution in [0.4, 0.5) is 0 Å². The lowest BCUT2D eigenvalue weighted by Gasteiger charge is -2.21. The number of thioether (sulfide) groups is 1. The fourth-order valence-electron chi connectivity index (χ4n) is 2.18. The highest BCUT2D eigenvalue weighted by molar-refractivity contribution is 7.99. The maximum atomic E-state index is 10.8. The van der Waals surface area contributed by atoms with Gasteiger partial charge in [-0.25, -0.2) is 0 Å². The molecule has 0 amide bonds. The first kappa shape index (κ1) is 15.0. The van der Waals surface area contributed by atoms with Crippen molar-refractivity contribution < 1.29 is 19.4 Å². The van der Waals surface area contributed by atoms with Gasteiger partial charge in [-0.1, -0.05) is 12.1 Å². The number of benzene rings is 1. The van der Waals surface area contributed by atoms with Gasteiger partial charge in [0, 0.05) is 17.4 Å². The van der Waals surface area contributed by atoms with E-state index in [2.05, 4.69) is 0 Å². The number of hydrogen-bond acceptors (Lipinski definition) is 5. The summed E-state index contributed by atoms with van der Waals surface area (Å²) in [6, 6.07) is 4.79. The van der Waals surface area contributed by atoms with Crippen LogP contribution in [0.25, 0.3) is 0 Å². The number of hydrogen-bond donors (Lipinski definition) is 2. The Morgan fingerprint density at radius 3 is 3.00 bits per heavy atom. The van der Waals surface area contributed by atoms with Gasteiger partial charge in [0.15, 0.2) is 11.5 Å². The Balaban J connectivity index is 2.26. The van der Waals surface area contributed by atoms with Crippen LogP contribution in [0.3, 0.4) is 0 Å². The number of methoxy groups -OCH3 is 1. The van der Waals surface area contributed by atoms with Crippen LogP contribution in [0.5, 0.6) is 11.5 Å². The molecule has 0 aliphatic carbocycles. The first-order valence-electron chi connectivity index (χ1n) is 6.50. The van der Waals surface area contributed by atoms with Gasteiger partial charge in [-0.3, -0.25) is 4.79 Å². The lowest BCUT2D eigenvalue weighted by atomic mass is 10.0. The van der Waals surface area contributed by atoms with Crippen molar-refractivity contribution in [3.63, 3.8) is 0 Å². The zero-order valence-electron chi connectivity index (χ0n) is 11.4. The van der Waals surface area contributed by atoms with Crippen molar-refractivity contribution in [3.8, 4) is 11.5 Å². The molecule has 0 radical (unpaired) electrons. The van der Waals surface area contributed by atoms with Crippen molar-refractivity contribution in [3.05, 3.63) is 23.8 Å². The molecule has 5 nitrogen and oxygen atoms in total. The molecule has 0 bridgehead atoms. The van der Waals surface area contributed by atoms with Crippen LogP contribution in [-0.2, 0) is 4.79 Å². The molecule has 2 atom stereocenters. The SMILES string of the molecule is COc1cccc(C(N)CC(=O)O)c1OC1CCSC1. The molecule has 1 aromatic rings. The van der Waals surface area contributed by atoms with Crippen LogP contribution in [-0.4, -0.2) is 35.8 Å². The average molecular weight is 297 g/mol. The van der Waals surface area contributed by atoms with Crippen molar-refractivity contribution >= 4 is 17.7 Å². The molecule has 20 heavy (non-hydrogen) atoms. The third-order valence-electron chi connectivity index (χ3n) is 3.20. The lowest BCUT2D eigenvalue weighted by molar-refractivity contribution is -0.137. The van der Waals surface area contributed by atoms with Crippen molar-refractivity contribution in [2.75, 3.05) is 18.6 Å². The number of carboxylic acids is 1. The van der Waals surface area contributed by atoms with E-state index >= 15 is 0 Å². The van der Waals surface area contributed by atoms with Gasteiger partial charge in [-0.05, 0) is 18.2 Å². The molecule has 1 aliphatic rings. The quantitative estimate of drug-likeness (QED) is 0.836. The molecule has 2 rings (SSSR count). The molecule has 110 valence electrons. The van der Waals surface area contributed by atoms with Gasteiger partial charge in [0.25, 0.3) is 0 Å². The van der Waals surface area contributed by atoms with E-state index in [1.807, 2.05) is 11.8 Å². The molecule has 1 fully saturated rings. The summed E-state index contributed by atoms with van der Waals surface area (Å²) in [6.45, 7) is 0. The fraction of sp³-hybridized carbons (Fsp3) is 0.500. The number of carbonyl (C=O) groups is 1. The van der Waals surface area contributed by atoms with Gasteiger partial charge in [0.1, 0.15) is 6.10 Å². The van der Waals surface area contributed by atoms with Crippen LogP contribution in [0.2, 0.25) is 0 Å². The largest absolute Gasteiger partial charge is 0.493 e. The van der Waals surface area contributed by atoms with Gasteiger partial charge in [0.05, 0.1) is 13.5 Å². The Hall–Kier alpha value is -1.40. The highest BCUT2D eigenvalue weighted by atomic mass is 32.2. The van der Waals surface area contributed by atoms with Gasteiger partial charge in [-0.2, -0.15) is 11.8 Å². The van der Waals surface area contributed by atoms with E-state index in [1.54, 1.807) is 25.3 Å². The van der Waals surface area contributed by atoms with Crippen molar-refractivity contribution in [1.82, 2.24) is 0 Å². The summed E-state index contributed by atoms with van der Waals surface area (Å²) in [5.41, 5.74) is 6.66. The predicted molar refractivity (Wildman–Crippen MR) is 78.5 cm³/mol. The number of aliphatic carboxylic acids is 1. The highest BCUT2D eigenvalue weighted by Gasteiger charge is 2.23. The molecule has 0 spiro atoms. The lowest BCUT2D eigenvalue weighted by Crippen LogP contribution is -2.20. The van der Waals surface area contributed by atoms with E-state index < -0.39 is 12.0 Å². The zero-order chi connectivity index (χ0) is 14.5. The topological polar surface area (TPSA) is 81.8 Å². The molecule has 0 saturated carbocycles. The van der Waals surface area contributed by atoms with Gasteiger partial charge < -0.3 is 20.3 Å². The number of nitrogens with two attached hydrogens (primary N) is 1. The monoisotopic (exact) mass is 297 g/mol. The molecule has 2 unspecified atom stereocenters. The third-order valence-corrected chi connectivity index (χ3v) is 4.33. The summed E-state index contributed by atoms with van der Waals surface area (Å²) in [4.78, 5) is 10.8. The maximum absolute atomic E-state index is 10.8. The summed E-state index contributed by atoms with van der Waals surface area (Å²) >= 11 is 1.85. The Morgan fingerprint density at radius 2 is 2.40 bits per heavy atom. The van der Waals surface area contributed by atoms with Gasteiger partial charge >= 0.3 is 5.97 Å². The van der Waals surface area contributed by atoms with E-state index in [0.717, 1.165) is 17.9 Å². The van der Waals surface area contributed by atoms with Crippen molar-refractivity contribution in [2.24, 2.45) is 5.73 Å². The molecule has 1 aliphatic heterocycles. The normalized spacial score (nSPS) is 19.6. The first-order valence-corrected chi connectivity index (χ1v) is 7.66. The van der Waals surface area contributed by atoms with Crippen LogP contribution in [0.15, 0.2) is 18.2 Å². The molecular weight excluding hydrogens is 278 g/mol.